The number of ether oxygens (including phenoxy) is 1. The molecule has 25 heavy (non-hydrogen) atoms. The van der Waals surface area contributed by atoms with Crippen molar-refractivity contribution in [3.05, 3.63) is 35.7 Å². The maximum Gasteiger partial charge on any atom is 0.274 e. The van der Waals surface area contributed by atoms with Crippen molar-refractivity contribution in [1.82, 2.24) is 24.6 Å². The van der Waals surface area contributed by atoms with Gasteiger partial charge in [0.25, 0.3) is 5.91 Å². The number of piperidine rings is 1. The fourth-order valence-corrected chi connectivity index (χ4v) is 3.61. The van der Waals surface area contributed by atoms with Crippen molar-refractivity contribution >= 4 is 5.91 Å². The summed E-state index contributed by atoms with van der Waals surface area (Å²) in [4.78, 5) is 19.1. The molecule has 7 nitrogen and oxygen atoms in total. The Bertz CT molecular complexity index is 725. The van der Waals surface area contributed by atoms with Crippen molar-refractivity contribution in [3.8, 4) is 0 Å². The summed E-state index contributed by atoms with van der Waals surface area (Å²) >= 11 is 0. The normalized spacial score (nSPS) is 18.7. The average Bonchev–Trinajstić information content (AvgIpc) is 3.20. The highest BCUT2D eigenvalue weighted by Crippen LogP contribution is 2.39. The fraction of sp³-hybridized carbons (Fsp3) is 0.611. The van der Waals surface area contributed by atoms with E-state index in [0.717, 1.165) is 44.0 Å². The number of methoxy groups -OCH3 is 1. The Morgan fingerprint density at radius 3 is 2.80 bits per heavy atom. The monoisotopic (exact) mass is 343 g/mol. The van der Waals surface area contributed by atoms with Crippen molar-refractivity contribution in [1.29, 1.82) is 0 Å². The van der Waals surface area contributed by atoms with Gasteiger partial charge in [0.05, 0.1) is 6.61 Å². The van der Waals surface area contributed by atoms with Gasteiger partial charge in [-0.05, 0) is 31.7 Å². The number of likely N-dealkylation sites (tertiary alicyclic amines) is 1. The SMILES string of the molecule is COCCn1ccnc1C1CCN(C(=O)c2cc(C3CC3)[nH]n2)CC1. The predicted octanol–water partition coefficient (Wildman–Crippen LogP) is 2.15. The van der Waals surface area contributed by atoms with Crippen LogP contribution in [0, 0.1) is 0 Å². The number of imidazole rings is 1. The molecule has 134 valence electrons. The summed E-state index contributed by atoms with van der Waals surface area (Å²) < 4.78 is 7.33. The second-order valence-corrected chi connectivity index (χ2v) is 7.02. The molecule has 4 rings (SSSR count). The van der Waals surface area contributed by atoms with Crippen LogP contribution in [0.2, 0.25) is 0 Å². The number of H-pyrrole nitrogens is 1. The molecular formula is C18H25N5O2. The summed E-state index contributed by atoms with van der Waals surface area (Å²) in [6.45, 7) is 3.02. The highest BCUT2D eigenvalue weighted by atomic mass is 16.5. The van der Waals surface area contributed by atoms with Crippen LogP contribution < -0.4 is 0 Å². The minimum atomic E-state index is 0.0457. The number of aromatic amines is 1. The standard InChI is InChI=1S/C18H25N5O2/c1-25-11-10-22-9-6-19-17(22)14-4-7-23(8-5-14)18(24)16-12-15(20-21-16)13-2-3-13/h6,9,12-14H,2-5,7-8,10-11H2,1H3,(H,20,21). The van der Waals surface area contributed by atoms with Gasteiger partial charge < -0.3 is 14.2 Å². The van der Waals surface area contributed by atoms with E-state index in [1.807, 2.05) is 23.4 Å². The molecule has 2 aliphatic rings. The molecule has 1 saturated heterocycles. The number of carbonyl (C=O) groups is 1. The molecule has 2 aromatic heterocycles. The Labute approximate surface area is 147 Å². The second kappa shape index (κ2) is 7.00. The zero-order valence-corrected chi connectivity index (χ0v) is 14.6. The van der Waals surface area contributed by atoms with E-state index >= 15 is 0 Å². The molecule has 0 radical (unpaired) electrons. The lowest BCUT2D eigenvalue weighted by atomic mass is 9.95. The quantitative estimate of drug-likeness (QED) is 0.872. The molecule has 1 N–H and O–H groups in total. The number of rotatable bonds is 6. The molecule has 0 aromatic carbocycles. The summed E-state index contributed by atoms with van der Waals surface area (Å²) in [7, 11) is 1.71. The van der Waals surface area contributed by atoms with Gasteiger partial charge in [0.1, 0.15) is 11.5 Å². The molecule has 2 fully saturated rings. The molecular weight excluding hydrogens is 318 g/mol. The van der Waals surface area contributed by atoms with Crippen LogP contribution in [-0.4, -0.2) is 57.4 Å². The van der Waals surface area contributed by atoms with E-state index in [-0.39, 0.29) is 5.91 Å². The molecule has 1 amide bonds. The van der Waals surface area contributed by atoms with E-state index in [4.69, 9.17) is 4.74 Å². The van der Waals surface area contributed by atoms with Gasteiger partial charge in [-0.15, -0.1) is 0 Å². The first kappa shape index (κ1) is 16.3. The fourth-order valence-electron chi connectivity index (χ4n) is 3.61. The van der Waals surface area contributed by atoms with Gasteiger partial charge in [0, 0.05) is 56.7 Å². The van der Waals surface area contributed by atoms with Crippen LogP contribution in [-0.2, 0) is 11.3 Å². The summed E-state index contributed by atoms with van der Waals surface area (Å²) in [5.41, 5.74) is 1.67. The molecule has 0 spiro atoms. The van der Waals surface area contributed by atoms with Crippen LogP contribution >= 0.6 is 0 Å². The van der Waals surface area contributed by atoms with Crippen LogP contribution in [0.25, 0.3) is 0 Å². The molecule has 2 aromatic rings. The maximum atomic E-state index is 12.7. The molecule has 1 aliphatic heterocycles. The van der Waals surface area contributed by atoms with Gasteiger partial charge in [0.2, 0.25) is 0 Å². The molecule has 0 atom stereocenters. The molecule has 0 bridgehead atoms. The van der Waals surface area contributed by atoms with Crippen molar-refractivity contribution in [2.75, 3.05) is 26.8 Å². The summed E-state index contributed by atoms with van der Waals surface area (Å²) in [6.07, 6.45) is 8.15. The largest absolute Gasteiger partial charge is 0.383 e. The van der Waals surface area contributed by atoms with Gasteiger partial charge in [-0.1, -0.05) is 0 Å². The smallest absolute Gasteiger partial charge is 0.274 e. The Morgan fingerprint density at radius 2 is 2.08 bits per heavy atom. The van der Waals surface area contributed by atoms with E-state index in [9.17, 15) is 4.79 Å². The van der Waals surface area contributed by atoms with Gasteiger partial charge in [-0.2, -0.15) is 5.10 Å². The lowest BCUT2D eigenvalue weighted by Gasteiger charge is -2.31. The highest BCUT2D eigenvalue weighted by molar-refractivity contribution is 5.92. The lowest BCUT2D eigenvalue weighted by molar-refractivity contribution is 0.0704. The predicted molar refractivity (Wildman–Crippen MR) is 92.5 cm³/mol. The zero-order chi connectivity index (χ0) is 17.2. The Balaban J connectivity index is 1.36. The minimum absolute atomic E-state index is 0.0457. The minimum Gasteiger partial charge on any atom is -0.383 e. The third kappa shape index (κ3) is 3.46. The number of hydrogen-bond acceptors (Lipinski definition) is 4. The van der Waals surface area contributed by atoms with Crippen LogP contribution in [0.3, 0.4) is 0 Å². The second-order valence-electron chi connectivity index (χ2n) is 7.02. The first-order valence-electron chi connectivity index (χ1n) is 9.11. The van der Waals surface area contributed by atoms with E-state index < -0.39 is 0 Å². The van der Waals surface area contributed by atoms with E-state index in [1.165, 1.54) is 12.8 Å². The van der Waals surface area contributed by atoms with Crippen molar-refractivity contribution < 1.29 is 9.53 Å². The third-order valence-corrected chi connectivity index (χ3v) is 5.27. The number of nitrogens with zero attached hydrogens (tertiary/aromatic N) is 4. The molecule has 0 unspecified atom stereocenters. The lowest BCUT2D eigenvalue weighted by Crippen LogP contribution is -2.38. The number of hydrogen-bond donors (Lipinski definition) is 1. The highest BCUT2D eigenvalue weighted by Gasteiger charge is 2.30. The summed E-state index contributed by atoms with van der Waals surface area (Å²) in [5.74, 6) is 2.15. The van der Waals surface area contributed by atoms with Gasteiger partial charge in [-0.3, -0.25) is 9.89 Å². The number of amides is 1. The average molecular weight is 343 g/mol. The molecule has 3 heterocycles. The molecule has 1 saturated carbocycles. The number of carbonyl (C=O) groups excluding carboxylic acids is 1. The first-order chi connectivity index (χ1) is 12.3. The third-order valence-electron chi connectivity index (χ3n) is 5.27. The van der Waals surface area contributed by atoms with Crippen LogP contribution in [0.15, 0.2) is 18.5 Å². The van der Waals surface area contributed by atoms with Crippen molar-refractivity contribution in [3.63, 3.8) is 0 Å². The Hall–Kier alpha value is -2.15. The number of aromatic nitrogens is 4. The zero-order valence-electron chi connectivity index (χ0n) is 14.6. The van der Waals surface area contributed by atoms with E-state index in [2.05, 4.69) is 19.7 Å². The molecule has 7 heteroatoms. The Kier molecular flexibility index (Phi) is 4.57. The van der Waals surface area contributed by atoms with Gasteiger partial charge >= 0.3 is 0 Å². The van der Waals surface area contributed by atoms with Crippen LogP contribution in [0.4, 0.5) is 0 Å². The van der Waals surface area contributed by atoms with Gasteiger partial charge in [0.15, 0.2) is 0 Å². The van der Waals surface area contributed by atoms with E-state index in [0.29, 0.717) is 24.1 Å². The van der Waals surface area contributed by atoms with Crippen molar-refractivity contribution in [2.24, 2.45) is 0 Å². The number of nitrogens with one attached hydrogen (secondary N) is 1. The first-order valence-corrected chi connectivity index (χ1v) is 9.11. The maximum absolute atomic E-state index is 12.7. The topological polar surface area (TPSA) is 76.0 Å². The van der Waals surface area contributed by atoms with Crippen molar-refractivity contribution in [2.45, 2.75) is 44.1 Å². The van der Waals surface area contributed by atoms with Gasteiger partial charge in [-0.25, -0.2) is 4.98 Å². The summed E-state index contributed by atoms with van der Waals surface area (Å²) in [5, 5.41) is 7.25. The van der Waals surface area contributed by atoms with Crippen LogP contribution in [0.5, 0.6) is 0 Å². The molecule has 1 aliphatic carbocycles. The summed E-state index contributed by atoms with van der Waals surface area (Å²) in [6, 6.07) is 1.93. The van der Waals surface area contributed by atoms with E-state index in [1.54, 1.807) is 7.11 Å². The van der Waals surface area contributed by atoms with Crippen LogP contribution in [0.1, 0.15) is 59.5 Å². The Morgan fingerprint density at radius 1 is 1.28 bits per heavy atom.